The van der Waals surface area contributed by atoms with E-state index in [-0.39, 0.29) is 25.9 Å². The number of nitrogens with zero attached hydrogens (tertiary/aromatic N) is 1. The van der Waals surface area contributed by atoms with E-state index in [0.29, 0.717) is 0 Å². The molecular formula is C9H15F2NO3S. The van der Waals surface area contributed by atoms with Crippen molar-refractivity contribution in [3.05, 3.63) is 0 Å². The molecule has 1 fully saturated rings. The smallest absolute Gasteiger partial charge is 0.250 e. The zero-order chi connectivity index (χ0) is 12.6. The van der Waals surface area contributed by atoms with E-state index in [1.165, 1.54) is 18.2 Å². The summed E-state index contributed by atoms with van der Waals surface area (Å²) in [6.45, 7) is 2.67. The van der Waals surface area contributed by atoms with Crippen molar-refractivity contribution in [2.45, 2.75) is 37.4 Å². The molecule has 1 unspecified atom stereocenters. The Hall–Kier alpha value is -0.400. The van der Waals surface area contributed by atoms with Crippen LogP contribution < -0.4 is 5.11 Å². The van der Waals surface area contributed by atoms with Gasteiger partial charge < -0.3 is 9.90 Å². The Labute approximate surface area is 95.9 Å². The SMILES string of the molecule is CC(C)(C(=O)[O-])[S+](O)N1CCC(F)(F)CC1. The molecule has 0 aromatic carbocycles. The summed E-state index contributed by atoms with van der Waals surface area (Å²) in [5.74, 6) is -4.08. The van der Waals surface area contributed by atoms with Gasteiger partial charge in [-0.3, -0.25) is 0 Å². The van der Waals surface area contributed by atoms with Crippen LogP contribution in [0.2, 0.25) is 0 Å². The van der Waals surface area contributed by atoms with Gasteiger partial charge in [-0.05, 0) is 13.8 Å². The minimum Gasteiger partial charge on any atom is -0.544 e. The molecule has 4 nitrogen and oxygen atoms in total. The van der Waals surface area contributed by atoms with Crippen LogP contribution in [0.4, 0.5) is 8.78 Å². The highest BCUT2D eigenvalue weighted by atomic mass is 32.2. The van der Waals surface area contributed by atoms with E-state index in [1.54, 1.807) is 0 Å². The molecule has 0 saturated carbocycles. The quantitative estimate of drug-likeness (QED) is 0.734. The lowest BCUT2D eigenvalue weighted by atomic mass is 10.1. The minimum atomic E-state index is -2.70. The number of alkyl halides is 2. The first-order valence-electron chi connectivity index (χ1n) is 4.95. The number of hydrogen-bond donors (Lipinski definition) is 1. The molecule has 7 heteroatoms. The van der Waals surface area contributed by atoms with Crippen LogP contribution in [0.1, 0.15) is 26.7 Å². The molecule has 1 rings (SSSR count). The maximum absolute atomic E-state index is 12.9. The number of carboxylic acid groups (broad SMARTS) is 1. The summed E-state index contributed by atoms with van der Waals surface area (Å²) in [4.78, 5) is 10.8. The van der Waals surface area contributed by atoms with E-state index >= 15 is 0 Å². The Balaban J connectivity index is 2.64. The van der Waals surface area contributed by atoms with E-state index in [9.17, 15) is 23.2 Å². The highest BCUT2D eigenvalue weighted by molar-refractivity contribution is 7.91. The molecule has 16 heavy (non-hydrogen) atoms. The molecule has 0 spiro atoms. The predicted octanol–water partition coefficient (Wildman–Crippen LogP) is 0.252. The molecule has 0 bridgehead atoms. The Morgan fingerprint density at radius 3 is 2.25 bits per heavy atom. The number of carbonyl (C=O) groups is 1. The number of carboxylic acids is 1. The third-order valence-corrected chi connectivity index (χ3v) is 4.58. The first kappa shape index (κ1) is 13.7. The summed E-state index contributed by atoms with van der Waals surface area (Å²) < 4.78 is 35.5. The number of carbonyl (C=O) groups excluding carboxylic acids is 1. The molecule has 0 amide bonds. The second-order valence-corrected chi connectivity index (χ2v) is 6.41. The number of hydrogen-bond acceptors (Lipinski definition) is 4. The highest BCUT2D eigenvalue weighted by Crippen LogP contribution is 2.31. The van der Waals surface area contributed by atoms with Gasteiger partial charge in [0.25, 0.3) is 5.92 Å². The Bertz CT molecular complexity index is 276. The summed E-state index contributed by atoms with van der Waals surface area (Å²) in [5.41, 5.74) is 0. The molecule has 0 aromatic rings. The predicted molar refractivity (Wildman–Crippen MR) is 54.8 cm³/mol. The van der Waals surface area contributed by atoms with Crippen LogP contribution in [0.25, 0.3) is 0 Å². The zero-order valence-corrected chi connectivity index (χ0v) is 10.0. The Morgan fingerprint density at radius 2 is 1.88 bits per heavy atom. The van der Waals surface area contributed by atoms with Gasteiger partial charge in [0, 0.05) is 12.8 Å². The summed E-state index contributed by atoms with van der Waals surface area (Å²) in [7, 11) is 0. The number of piperidine rings is 1. The van der Waals surface area contributed by atoms with E-state index in [1.807, 2.05) is 0 Å². The lowest BCUT2D eigenvalue weighted by Gasteiger charge is -2.32. The summed E-state index contributed by atoms with van der Waals surface area (Å²) >= 11 is -1.59. The maximum atomic E-state index is 12.9. The van der Waals surface area contributed by atoms with E-state index < -0.39 is 28.0 Å². The van der Waals surface area contributed by atoms with Gasteiger partial charge in [-0.2, -0.15) is 4.55 Å². The fourth-order valence-electron chi connectivity index (χ4n) is 1.38. The van der Waals surface area contributed by atoms with Crippen molar-refractivity contribution >= 4 is 17.3 Å². The average molecular weight is 255 g/mol. The average Bonchev–Trinajstić information content (AvgIpc) is 2.16. The van der Waals surface area contributed by atoms with Gasteiger partial charge in [0.05, 0.1) is 13.1 Å². The Kier molecular flexibility index (Phi) is 3.81. The monoisotopic (exact) mass is 255 g/mol. The lowest BCUT2D eigenvalue weighted by molar-refractivity contribution is -0.308. The maximum Gasteiger partial charge on any atom is 0.250 e. The molecule has 1 heterocycles. The minimum absolute atomic E-state index is 0.00329. The molecule has 1 N–H and O–H groups in total. The van der Waals surface area contributed by atoms with Crippen molar-refractivity contribution in [1.82, 2.24) is 4.31 Å². The van der Waals surface area contributed by atoms with Gasteiger partial charge in [-0.25, -0.2) is 8.78 Å². The normalized spacial score (nSPS) is 24.1. The van der Waals surface area contributed by atoms with Crippen LogP contribution in [0.5, 0.6) is 0 Å². The molecule has 94 valence electrons. The molecule has 0 radical (unpaired) electrons. The van der Waals surface area contributed by atoms with Crippen molar-refractivity contribution in [3.63, 3.8) is 0 Å². The summed E-state index contributed by atoms with van der Waals surface area (Å²) in [6.07, 6.45) is -0.694. The van der Waals surface area contributed by atoms with Crippen molar-refractivity contribution in [2.75, 3.05) is 13.1 Å². The van der Waals surface area contributed by atoms with Gasteiger partial charge in [-0.15, -0.1) is 0 Å². The van der Waals surface area contributed by atoms with Gasteiger partial charge in [0.15, 0.2) is 0 Å². The fourth-order valence-corrected chi connectivity index (χ4v) is 2.71. The lowest BCUT2D eigenvalue weighted by Crippen LogP contribution is -2.56. The molecule has 1 saturated heterocycles. The largest absolute Gasteiger partial charge is 0.544 e. The molecule has 1 aliphatic rings. The van der Waals surface area contributed by atoms with Crippen LogP contribution in [0.15, 0.2) is 0 Å². The van der Waals surface area contributed by atoms with Gasteiger partial charge in [0.2, 0.25) is 16.1 Å². The molecule has 1 atom stereocenters. The number of halogens is 2. The van der Waals surface area contributed by atoms with Crippen LogP contribution >= 0.6 is 0 Å². The van der Waals surface area contributed by atoms with Gasteiger partial charge >= 0.3 is 0 Å². The van der Waals surface area contributed by atoms with Crippen molar-refractivity contribution in [2.24, 2.45) is 0 Å². The number of rotatable bonds is 3. The molecule has 0 aromatic heterocycles. The summed E-state index contributed by atoms with van der Waals surface area (Å²) in [6, 6.07) is 0. The van der Waals surface area contributed by atoms with Gasteiger partial charge in [0.1, 0.15) is 5.97 Å². The van der Waals surface area contributed by atoms with Crippen LogP contribution in [-0.2, 0) is 16.2 Å². The second kappa shape index (κ2) is 4.46. The molecule has 0 aliphatic carbocycles. The van der Waals surface area contributed by atoms with Crippen molar-refractivity contribution in [3.8, 4) is 0 Å². The van der Waals surface area contributed by atoms with E-state index in [4.69, 9.17) is 0 Å². The molecular weight excluding hydrogens is 240 g/mol. The topological polar surface area (TPSA) is 63.6 Å². The highest BCUT2D eigenvalue weighted by Gasteiger charge is 2.49. The zero-order valence-electron chi connectivity index (χ0n) is 9.20. The van der Waals surface area contributed by atoms with Gasteiger partial charge in [-0.1, -0.05) is 4.31 Å². The Morgan fingerprint density at radius 1 is 1.44 bits per heavy atom. The molecule has 1 aliphatic heterocycles. The number of aliphatic carboxylic acids is 1. The standard InChI is InChI=1S/C9H15F2NO3S/c1-8(2,7(13)14)16(15)12-5-3-9(10,11)4-6-12/h15H,3-6H2,1-2H3. The van der Waals surface area contributed by atoms with Crippen LogP contribution in [0, 0.1) is 0 Å². The first-order chi connectivity index (χ1) is 7.17. The van der Waals surface area contributed by atoms with E-state index in [0.717, 1.165) is 0 Å². The van der Waals surface area contributed by atoms with Crippen LogP contribution in [-0.4, -0.2) is 38.6 Å². The summed E-state index contributed by atoms with van der Waals surface area (Å²) in [5, 5.41) is 10.8. The third-order valence-electron chi connectivity index (χ3n) is 2.65. The van der Waals surface area contributed by atoms with Crippen molar-refractivity contribution in [1.29, 1.82) is 0 Å². The van der Waals surface area contributed by atoms with E-state index in [2.05, 4.69) is 0 Å². The fraction of sp³-hybridized carbons (Fsp3) is 0.889. The first-order valence-corrected chi connectivity index (χ1v) is 6.08. The third kappa shape index (κ3) is 2.83. The second-order valence-electron chi connectivity index (χ2n) is 4.35. The van der Waals surface area contributed by atoms with Crippen molar-refractivity contribution < 1.29 is 23.2 Å². The van der Waals surface area contributed by atoms with Crippen LogP contribution in [0.3, 0.4) is 0 Å².